The van der Waals surface area contributed by atoms with Crippen molar-refractivity contribution in [2.45, 2.75) is 6.54 Å². The molecule has 0 N–H and O–H groups in total. The zero-order valence-electron chi connectivity index (χ0n) is 15.5. The topological polar surface area (TPSA) is 79.6 Å². The second-order valence-corrected chi connectivity index (χ2v) is 6.93. The molecule has 1 saturated heterocycles. The first-order chi connectivity index (χ1) is 14.1. The van der Waals surface area contributed by atoms with E-state index in [1.165, 1.54) is 7.11 Å². The van der Waals surface area contributed by atoms with E-state index in [9.17, 15) is 14.9 Å². The number of hydrogen-bond donors (Lipinski definition) is 0. The van der Waals surface area contributed by atoms with Crippen molar-refractivity contribution in [3.63, 3.8) is 0 Å². The Balaban J connectivity index is 1.83. The zero-order chi connectivity index (χ0) is 20.8. The van der Waals surface area contributed by atoms with Gasteiger partial charge in [0.15, 0.2) is 11.5 Å². The number of amides is 2. The summed E-state index contributed by atoms with van der Waals surface area (Å²) in [7, 11) is 1.50. The molecule has 3 rings (SSSR count). The lowest BCUT2D eigenvalue weighted by Gasteiger charge is -2.13. The van der Waals surface area contributed by atoms with Crippen molar-refractivity contribution in [1.82, 2.24) is 4.90 Å². The molecule has 0 aromatic heterocycles. The Morgan fingerprint density at radius 2 is 2.00 bits per heavy atom. The molecule has 2 amide bonds. The number of methoxy groups -OCH3 is 1. The molecule has 0 spiro atoms. The van der Waals surface area contributed by atoms with Crippen molar-refractivity contribution in [2.24, 2.45) is 0 Å². The van der Waals surface area contributed by atoms with Crippen molar-refractivity contribution in [3.05, 3.63) is 64.1 Å². The van der Waals surface area contributed by atoms with Crippen LogP contribution in [0.4, 0.5) is 4.79 Å². The first-order valence-electron chi connectivity index (χ1n) is 8.55. The summed E-state index contributed by atoms with van der Waals surface area (Å²) in [4.78, 5) is 26.5. The number of ether oxygens (including phenoxy) is 2. The van der Waals surface area contributed by atoms with Crippen LogP contribution in [0.25, 0.3) is 6.08 Å². The van der Waals surface area contributed by atoms with Crippen molar-refractivity contribution in [2.75, 3.05) is 13.7 Å². The smallest absolute Gasteiger partial charge is 0.293 e. The molecule has 1 aliphatic rings. The van der Waals surface area contributed by atoms with Gasteiger partial charge in [-0.15, -0.1) is 6.42 Å². The number of hydrogen-bond acceptors (Lipinski definition) is 6. The summed E-state index contributed by atoms with van der Waals surface area (Å²) >= 11 is 0.858. The van der Waals surface area contributed by atoms with Crippen LogP contribution < -0.4 is 9.47 Å². The minimum absolute atomic E-state index is 0.0495. The number of rotatable bonds is 6. The first kappa shape index (κ1) is 20.1. The van der Waals surface area contributed by atoms with Gasteiger partial charge in [-0.25, -0.2) is 0 Å². The van der Waals surface area contributed by atoms with E-state index in [-0.39, 0.29) is 18.4 Å². The third-order valence-electron chi connectivity index (χ3n) is 4.14. The number of thioether (sulfide) groups is 1. The SMILES string of the molecule is C#CCOc1ccc(/C=C2\SC(=O)N(Cc3ccccc3C#N)C2=O)cc1OC. The summed E-state index contributed by atoms with van der Waals surface area (Å²) in [5.41, 5.74) is 1.73. The number of nitriles is 1. The minimum atomic E-state index is -0.403. The molecule has 0 unspecified atom stereocenters. The predicted octanol–water partition coefficient (Wildman–Crippen LogP) is 3.82. The van der Waals surface area contributed by atoms with Gasteiger partial charge in [0.05, 0.1) is 30.2 Å². The third-order valence-corrected chi connectivity index (χ3v) is 5.04. The van der Waals surface area contributed by atoms with Gasteiger partial charge in [0, 0.05) is 0 Å². The van der Waals surface area contributed by atoms with Crippen LogP contribution in [0.1, 0.15) is 16.7 Å². The van der Waals surface area contributed by atoms with Crippen molar-refractivity contribution in [1.29, 1.82) is 5.26 Å². The molecular weight excluding hydrogens is 388 g/mol. The van der Waals surface area contributed by atoms with E-state index in [1.54, 1.807) is 48.5 Å². The molecule has 1 fully saturated rings. The monoisotopic (exact) mass is 404 g/mol. The normalized spacial score (nSPS) is 14.6. The number of carbonyl (C=O) groups excluding carboxylic acids is 2. The molecule has 144 valence electrons. The van der Waals surface area contributed by atoms with Gasteiger partial charge in [-0.2, -0.15) is 5.26 Å². The number of imide groups is 1. The quantitative estimate of drug-likeness (QED) is 0.538. The van der Waals surface area contributed by atoms with Crippen LogP contribution in [-0.4, -0.2) is 29.8 Å². The van der Waals surface area contributed by atoms with Crippen molar-refractivity contribution >= 4 is 29.0 Å². The summed E-state index contributed by atoms with van der Waals surface area (Å²) in [6.07, 6.45) is 6.82. The molecule has 0 bridgehead atoms. The highest BCUT2D eigenvalue weighted by molar-refractivity contribution is 8.18. The van der Waals surface area contributed by atoms with Crippen LogP contribution in [0.2, 0.25) is 0 Å². The lowest BCUT2D eigenvalue weighted by Crippen LogP contribution is -2.27. The van der Waals surface area contributed by atoms with E-state index < -0.39 is 5.91 Å². The Hall–Kier alpha value is -3.68. The Kier molecular flexibility index (Phi) is 6.23. The van der Waals surface area contributed by atoms with E-state index in [1.807, 2.05) is 0 Å². The van der Waals surface area contributed by atoms with E-state index in [0.717, 1.165) is 16.7 Å². The maximum absolute atomic E-state index is 12.7. The Labute approximate surface area is 172 Å². The molecule has 7 heteroatoms. The molecular formula is C22H16N2O4S. The number of carbonyl (C=O) groups is 2. The summed E-state index contributed by atoms with van der Waals surface area (Å²) in [5, 5.41) is 8.83. The summed E-state index contributed by atoms with van der Waals surface area (Å²) in [6, 6.07) is 14.1. The van der Waals surface area contributed by atoms with Crippen LogP contribution in [0.15, 0.2) is 47.4 Å². The highest BCUT2D eigenvalue weighted by atomic mass is 32.2. The third kappa shape index (κ3) is 4.43. The lowest BCUT2D eigenvalue weighted by atomic mass is 10.1. The van der Waals surface area contributed by atoms with Crippen molar-refractivity contribution < 1.29 is 19.1 Å². The zero-order valence-corrected chi connectivity index (χ0v) is 16.4. The lowest BCUT2D eigenvalue weighted by molar-refractivity contribution is -0.123. The number of benzene rings is 2. The Bertz CT molecular complexity index is 1080. The molecule has 0 saturated carbocycles. The van der Waals surface area contributed by atoms with E-state index >= 15 is 0 Å². The maximum Gasteiger partial charge on any atom is 0.293 e. The van der Waals surface area contributed by atoms with Crippen LogP contribution >= 0.6 is 11.8 Å². The van der Waals surface area contributed by atoms with Gasteiger partial charge in [-0.1, -0.05) is 30.2 Å². The minimum Gasteiger partial charge on any atom is -0.493 e. The Morgan fingerprint density at radius 1 is 1.21 bits per heavy atom. The standard InChI is InChI=1S/C22H16N2O4S/c1-3-10-28-18-9-8-15(11-19(18)27-2)12-20-21(25)24(22(26)29-20)14-17-7-5-4-6-16(17)13-23/h1,4-9,11-12H,10,14H2,2H3/b20-12-. The first-order valence-corrected chi connectivity index (χ1v) is 9.36. The maximum atomic E-state index is 12.7. The molecule has 6 nitrogen and oxygen atoms in total. The largest absolute Gasteiger partial charge is 0.493 e. The molecule has 1 aliphatic heterocycles. The van der Waals surface area contributed by atoms with Gasteiger partial charge in [-0.3, -0.25) is 14.5 Å². The van der Waals surface area contributed by atoms with Crippen molar-refractivity contribution in [3.8, 4) is 29.9 Å². The average molecular weight is 404 g/mol. The fourth-order valence-corrected chi connectivity index (χ4v) is 3.58. The summed E-state index contributed by atoms with van der Waals surface area (Å²) in [5.74, 6) is 2.94. The van der Waals surface area contributed by atoms with Crippen LogP contribution in [0.5, 0.6) is 11.5 Å². The summed E-state index contributed by atoms with van der Waals surface area (Å²) < 4.78 is 10.7. The van der Waals surface area contributed by atoms with Gasteiger partial charge in [0.25, 0.3) is 11.1 Å². The predicted molar refractivity (Wildman–Crippen MR) is 110 cm³/mol. The van der Waals surface area contributed by atoms with Gasteiger partial charge in [0.2, 0.25) is 0 Å². The van der Waals surface area contributed by atoms with E-state index in [4.69, 9.17) is 15.9 Å². The molecule has 29 heavy (non-hydrogen) atoms. The molecule has 2 aromatic rings. The highest BCUT2D eigenvalue weighted by Gasteiger charge is 2.35. The fourth-order valence-electron chi connectivity index (χ4n) is 2.74. The highest BCUT2D eigenvalue weighted by Crippen LogP contribution is 2.35. The van der Waals surface area contributed by atoms with Crippen LogP contribution in [0, 0.1) is 23.7 Å². The van der Waals surface area contributed by atoms with Crippen LogP contribution in [-0.2, 0) is 11.3 Å². The van der Waals surface area contributed by atoms with Gasteiger partial charge < -0.3 is 9.47 Å². The van der Waals surface area contributed by atoms with Gasteiger partial charge in [0.1, 0.15) is 6.61 Å². The van der Waals surface area contributed by atoms with E-state index in [0.29, 0.717) is 33.1 Å². The number of nitrogens with zero attached hydrogens (tertiary/aromatic N) is 2. The van der Waals surface area contributed by atoms with E-state index in [2.05, 4.69) is 12.0 Å². The second-order valence-electron chi connectivity index (χ2n) is 5.94. The Morgan fingerprint density at radius 3 is 2.72 bits per heavy atom. The van der Waals surface area contributed by atoms with Gasteiger partial charge in [-0.05, 0) is 47.2 Å². The molecule has 0 radical (unpaired) electrons. The number of terminal acetylenes is 1. The average Bonchev–Trinajstić information content (AvgIpc) is 3.00. The molecule has 1 heterocycles. The second kappa shape index (κ2) is 9.01. The fraction of sp³-hybridized carbons (Fsp3) is 0.136. The molecule has 2 aromatic carbocycles. The summed E-state index contributed by atoms with van der Waals surface area (Å²) in [6.45, 7) is 0.159. The van der Waals surface area contributed by atoms with Gasteiger partial charge >= 0.3 is 0 Å². The molecule has 0 atom stereocenters. The van der Waals surface area contributed by atoms with Crippen LogP contribution in [0.3, 0.4) is 0 Å². The molecule has 0 aliphatic carbocycles.